The Hall–Kier alpha value is -2.79. The van der Waals surface area contributed by atoms with E-state index in [-0.39, 0.29) is 17.6 Å². The number of ketones is 1. The molecule has 0 saturated heterocycles. The first kappa shape index (κ1) is 16.1. The van der Waals surface area contributed by atoms with Crippen LogP contribution in [0, 0.1) is 0 Å². The molecule has 0 aliphatic rings. The maximum Gasteiger partial charge on any atom is 0.231 e. The minimum atomic E-state index is -0.316. The van der Waals surface area contributed by atoms with E-state index in [1.165, 1.54) is 11.3 Å². The molecule has 1 N–H and O–H groups in total. The molecule has 120 valence electrons. The zero-order valence-electron chi connectivity index (χ0n) is 13.1. The van der Waals surface area contributed by atoms with Gasteiger partial charge in [0, 0.05) is 23.6 Å². The third-order valence-corrected chi connectivity index (χ3v) is 4.63. The van der Waals surface area contributed by atoms with Crippen LogP contribution < -0.4 is 5.32 Å². The van der Waals surface area contributed by atoms with Crippen LogP contribution in [-0.2, 0) is 4.79 Å². The maximum atomic E-state index is 12.3. The molecule has 0 spiro atoms. The summed E-state index contributed by atoms with van der Waals surface area (Å²) in [7, 11) is 0. The summed E-state index contributed by atoms with van der Waals surface area (Å²) in [5.41, 5.74) is 2.21. The Balaban J connectivity index is 1.70. The van der Waals surface area contributed by atoms with Crippen molar-refractivity contribution in [2.24, 2.45) is 0 Å². The first-order chi connectivity index (χ1) is 11.6. The highest BCUT2D eigenvalue weighted by molar-refractivity contribution is 7.12. The normalized spacial score (nSPS) is 11.7. The molecule has 3 rings (SSSR count). The summed E-state index contributed by atoms with van der Waals surface area (Å²) < 4.78 is 0. The van der Waals surface area contributed by atoms with Crippen molar-refractivity contribution in [2.45, 2.75) is 12.8 Å². The number of aromatic nitrogens is 1. The van der Waals surface area contributed by atoms with Crippen molar-refractivity contribution in [1.82, 2.24) is 4.98 Å². The molecule has 0 bridgehead atoms. The molecule has 1 amide bonds. The number of carbonyl (C=O) groups is 2. The Morgan fingerprint density at radius 3 is 2.38 bits per heavy atom. The van der Waals surface area contributed by atoms with E-state index in [0.717, 1.165) is 5.56 Å². The van der Waals surface area contributed by atoms with Gasteiger partial charge in [0.1, 0.15) is 0 Å². The number of anilines is 1. The highest BCUT2D eigenvalue weighted by Gasteiger charge is 2.16. The highest BCUT2D eigenvalue weighted by Crippen LogP contribution is 2.20. The summed E-state index contributed by atoms with van der Waals surface area (Å²) in [6.07, 6.45) is 3.26. The van der Waals surface area contributed by atoms with Gasteiger partial charge in [0.15, 0.2) is 0 Å². The standard InChI is InChI=1S/C19H16N2O2S/c1-13(19(23)21-16-8-10-20-11-9-16)14-4-6-15(7-5-14)18(22)17-3-2-12-24-17/h2-13H,1H3,(H,20,21,23)/t13-/m1/s1. The average molecular weight is 336 g/mol. The summed E-state index contributed by atoms with van der Waals surface area (Å²) in [4.78, 5) is 29.2. The van der Waals surface area contributed by atoms with Crippen LogP contribution in [0.15, 0.2) is 66.3 Å². The summed E-state index contributed by atoms with van der Waals surface area (Å²) in [6, 6.07) is 14.4. The minimum absolute atomic E-state index is 0.00504. The molecule has 5 heteroatoms. The van der Waals surface area contributed by atoms with Gasteiger partial charge in [0.25, 0.3) is 0 Å². The van der Waals surface area contributed by atoms with E-state index in [4.69, 9.17) is 0 Å². The van der Waals surface area contributed by atoms with E-state index in [0.29, 0.717) is 16.1 Å². The van der Waals surface area contributed by atoms with Gasteiger partial charge in [-0.25, -0.2) is 0 Å². The van der Waals surface area contributed by atoms with Gasteiger partial charge in [0.05, 0.1) is 10.8 Å². The second-order valence-corrected chi connectivity index (χ2v) is 6.32. The van der Waals surface area contributed by atoms with Gasteiger partial charge in [-0.2, -0.15) is 0 Å². The zero-order valence-corrected chi connectivity index (χ0v) is 13.9. The molecule has 2 aromatic heterocycles. The molecule has 0 radical (unpaired) electrons. The van der Waals surface area contributed by atoms with Gasteiger partial charge in [-0.05, 0) is 36.1 Å². The van der Waals surface area contributed by atoms with Crippen molar-refractivity contribution in [3.63, 3.8) is 0 Å². The largest absolute Gasteiger partial charge is 0.325 e. The van der Waals surface area contributed by atoms with Crippen LogP contribution in [0.25, 0.3) is 0 Å². The van der Waals surface area contributed by atoms with E-state index < -0.39 is 0 Å². The maximum absolute atomic E-state index is 12.3. The van der Waals surface area contributed by atoms with Crippen molar-refractivity contribution in [3.8, 4) is 0 Å². The number of pyridine rings is 1. The fourth-order valence-electron chi connectivity index (χ4n) is 2.31. The first-order valence-electron chi connectivity index (χ1n) is 7.54. The number of rotatable bonds is 5. The van der Waals surface area contributed by atoms with Crippen LogP contribution in [0.3, 0.4) is 0 Å². The molecule has 2 heterocycles. The number of nitrogens with zero attached hydrogens (tertiary/aromatic N) is 1. The fraction of sp³-hybridized carbons (Fsp3) is 0.105. The average Bonchev–Trinajstić information content (AvgIpc) is 3.16. The summed E-state index contributed by atoms with van der Waals surface area (Å²) >= 11 is 1.42. The van der Waals surface area contributed by atoms with Crippen molar-refractivity contribution in [2.75, 3.05) is 5.32 Å². The Labute approximate surface area is 144 Å². The second-order valence-electron chi connectivity index (χ2n) is 5.38. The van der Waals surface area contributed by atoms with Crippen LogP contribution in [0.2, 0.25) is 0 Å². The Kier molecular flexibility index (Phi) is 4.82. The van der Waals surface area contributed by atoms with E-state index in [9.17, 15) is 9.59 Å². The molecule has 1 atom stereocenters. The number of benzene rings is 1. The number of amides is 1. The summed E-state index contributed by atoms with van der Waals surface area (Å²) in [5, 5.41) is 4.74. The number of carbonyl (C=O) groups excluding carboxylic acids is 2. The number of thiophene rings is 1. The van der Waals surface area contributed by atoms with E-state index >= 15 is 0 Å². The van der Waals surface area contributed by atoms with Crippen molar-refractivity contribution >= 4 is 28.7 Å². The lowest BCUT2D eigenvalue weighted by atomic mass is 9.97. The third-order valence-electron chi connectivity index (χ3n) is 3.76. The molecule has 4 nitrogen and oxygen atoms in total. The van der Waals surface area contributed by atoms with E-state index in [1.807, 2.05) is 36.6 Å². The molecule has 0 saturated carbocycles. The summed E-state index contributed by atoms with van der Waals surface area (Å²) in [5.74, 6) is -0.409. The van der Waals surface area contributed by atoms with Crippen molar-refractivity contribution in [3.05, 3.63) is 82.3 Å². The van der Waals surface area contributed by atoms with E-state index in [1.54, 1.807) is 36.7 Å². The molecule has 1 aromatic carbocycles. The Morgan fingerprint density at radius 1 is 1.04 bits per heavy atom. The van der Waals surface area contributed by atoms with Gasteiger partial charge in [0.2, 0.25) is 11.7 Å². The molecular weight excluding hydrogens is 320 g/mol. The molecule has 0 aliphatic heterocycles. The SMILES string of the molecule is C[C@@H](C(=O)Nc1ccncc1)c1ccc(C(=O)c2cccs2)cc1. The van der Waals surface area contributed by atoms with Gasteiger partial charge < -0.3 is 5.32 Å². The first-order valence-corrected chi connectivity index (χ1v) is 8.42. The molecular formula is C19H16N2O2S. The predicted molar refractivity (Wildman–Crippen MR) is 95.5 cm³/mol. The zero-order chi connectivity index (χ0) is 16.9. The number of hydrogen-bond acceptors (Lipinski definition) is 4. The molecule has 0 aliphatic carbocycles. The molecule has 24 heavy (non-hydrogen) atoms. The van der Waals surface area contributed by atoms with Gasteiger partial charge in [-0.1, -0.05) is 30.3 Å². The van der Waals surface area contributed by atoms with Crippen LogP contribution in [0.5, 0.6) is 0 Å². The van der Waals surface area contributed by atoms with Gasteiger partial charge in [-0.15, -0.1) is 11.3 Å². The van der Waals surface area contributed by atoms with Crippen LogP contribution >= 0.6 is 11.3 Å². The number of hydrogen-bond donors (Lipinski definition) is 1. The minimum Gasteiger partial charge on any atom is -0.325 e. The Morgan fingerprint density at radius 2 is 1.75 bits per heavy atom. The van der Waals surface area contributed by atoms with Crippen LogP contribution in [0.4, 0.5) is 5.69 Å². The lowest BCUT2D eigenvalue weighted by molar-refractivity contribution is -0.117. The van der Waals surface area contributed by atoms with Crippen molar-refractivity contribution < 1.29 is 9.59 Å². The quantitative estimate of drug-likeness (QED) is 0.713. The predicted octanol–water partition coefficient (Wildman–Crippen LogP) is 4.12. The molecule has 3 aromatic rings. The third kappa shape index (κ3) is 3.58. The lowest BCUT2D eigenvalue weighted by Gasteiger charge is -2.13. The molecule has 0 fully saturated rings. The lowest BCUT2D eigenvalue weighted by Crippen LogP contribution is -2.18. The van der Waals surface area contributed by atoms with Gasteiger partial charge >= 0.3 is 0 Å². The molecule has 0 unspecified atom stereocenters. The van der Waals surface area contributed by atoms with Crippen molar-refractivity contribution in [1.29, 1.82) is 0 Å². The number of nitrogens with one attached hydrogen (secondary N) is 1. The Bertz CT molecular complexity index is 828. The monoisotopic (exact) mass is 336 g/mol. The van der Waals surface area contributed by atoms with Gasteiger partial charge in [-0.3, -0.25) is 14.6 Å². The second kappa shape index (κ2) is 7.19. The van der Waals surface area contributed by atoms with Crippen LogP contribution in [-0.4, -0.2) is 16.7 Å². The summed E-state index contributed by atoms with van der Waals surface area (Å²) in [6.45, 7) is 1.84. The smallest absolute Gasteiger partial charge is 0.231 e. The van der Waals surface area contributed by atoms with E-state index in [2.05, 4.69) is 10.3 Å². The van der Waals surface area contributed by atoms with Crippen LogP contribution in [0.1, 0.15) is 33.6 Å². The topological polar surface area (TPSA) is 59.1 Å². The fourth-order valence-corrected chi connectivity index (χ4v) is 3.00. The highest BCUT2D eigenvalue weighted by atomic mass is 32.1.